The summed E-state index contributed by atoms with van der Waals surface area (Å²) >= 11 is 0. The summed E-state index contributed by atoms with van der Waals surface area (Å²) in [5.74, 6) is 1.91. The van der Waals surface area contributed by atoms with Gasteiger partial charge in [-0.3, -0.25) is 0 Å². The smallest absolute Gasteiger partial charge is 0.123 e. The predicted molar refractivity (Wildman–Crippen MR) is 64.4 cm³/mol. The maximum Gasteiger partial charge on any atom is 0.123 e. The molecule has 1 aromatic rings. The van der Waals surface area contributed by atoms with Crippen molar-refractivity contribution in [1.29, 1.82) is 0 Å². The largest absolute Gasteiger partial charge is 0.344 e. The van der Waals surface area contributed by atoms with Crippen LogP contribution in [0.5, 0.6) is 0 Å². The molecule has 0 amide bonds. The standard InChI is InChI=1S/C13H21N3/c1-2-5-10(6-3-1)12-9-15-13(16-12)11-7-4-8-14-11/h9-11,14H,1-8H2,(H,15,16)/t11-/m1/s1. The maximum atomic E-state index is 4.56. The highest BCUT2D eigenvalue weighted by Gasteiger charge is 2.22. The van der Waals surface area contributed by atoms with Gasteiger partial charge in [0.2, 0.25) is 0 Å². The Bertz CT molecular complexity index is 333. The average molecular weight is 219 g/mol. The summed E-state index contributed by atoms with van der Waals surface area (Å²) in [5.41, 5.74) is 1.38. The normalized spacial score (nSPS) is 27.4. The first-order chi connectivity index (χ1) is 7.93. The summed E-state index contributed by atoms with van der Waals surface area (Å²) in [6, 6.07) is 0.484. The van der Waals surface area contributed by atoms with Gasteiger partial charge in [0.25, 0.3) is 0 Å². The van der Waals surface area contributed by atoms with Crippen LogP contribution in [0.1, 0.15) is 68.4 Å². The van der Waals surface area contributed by atoms with Crippen molar-refractivity contribution in [3.05, 3.63) is 17.7 Å². The molecule has 16 heavy (non-hydrogen) atoms. The summed E-state index contributed by atoms with van der Waals surface area (Å²) in [6.45, 7) is 1.14. The van der Waals surface area contributed by atoms with Gasteiger partial charge in [-0.15, -0.1) is 0 Å². The molecule has 1 atom stereocenters. The predicted octanol–water partition coefficient (Wildman–Crippen LogP) is 2.88. The molecule has 1 aromatic heterocycles. The quantitative estimate of drug-likeness (QED) is 0.803. The molecule has 2 heterocycles. The zero-order chi connectivity index (χ0) is 10.8. The van der Waals surface area contributed by atoms with Crippen LogP contribution in [0.4, 0.5) is 0 Å². The fourth-order valence-corrected chi connectivity index (χ4v) is 3.07. The van der Waals surface area contributed by atoms with Crippen molar-refractivity contribution in [2.45, 2.75) is 56.9 Å². The third-order valence-corrected chi connectivity index (χ3v) is 4.05. The van der Waals surface area contributed by atoms with Crippen LogP contribution in [0.25, 0.3) is 0 Å². The monoisotopic (exact) mass is 219 g/mol. The number of hydrogen-bond acceptors (Lipinski definition) is 2. The summed E-state index contributed by atoms with van der Waals surface area (Å²) in [5, 5.41) is 3.50. The van der Waals surface area contributed by atoms with Crippen LogP contribution in [0, 0.1) is 0 Å². The molecule has 0 unspecified atom stereocenters. The number of hydrogen-bond donors (Lipinski definition) is 2. The number of aromatic nitrogens is 2. The van der Waals surface area contributed by atoms with Crippen LogP contribution in [-0.4, -0.2) is 16.5 Å². The Morgan fingerprint density at radius 2 is 1.94 bits per heavy atom. The van der Waals surface area contributed by atoms with Gasteiger partial charge in [0, 0.05) is 17.8 Å². The molecule has 0 aromatic carbocycles. The molecule has 2 aliphatic rings. The van der Waals surface area contributed by atoms with E-state index in [1.807, 2.05) is 0 Å². The van der Waals surface area contributed by atoms with Gasteiger partial charge < -0.3 is 10.3 Å². The number of rotatable bonds is 2. The van der Waals surface area contributed by atoms with Crippen LogP contribution in [-0.2, 0) is 0 Å². The van der Waals surface area contributed by atoms with Crippen molar-refractivity contribution in [3.63, 3.8) is 0 Å². The zero-order valence-corrected chi connectivity index (χ0v) is 9.84. The molecule has 1 saturated heterocycles. The lowest BCUT2D eigenvalue weighted by molar-refractivity contribution is 0.436. The molecule has 1 aliphatic heterocycles. The van der Waals surface area contributed by atoms with Crippen LogP contribution < -0.4 is 5.32 Å². The van der Waals surface area contributed by atoms with E-state index in [1.54, 1.807) is 0 Å². The average Bonchev–Trinajstić information content (AvgIpc) is 3.01. The Morgan fingerprint density at radius 3 is 2.69 bits per heavy atom. The molecule has 0 bridgehead atoms. The van der Waals surface area contributed by atoms with Gasteiger partial charge in [-0.2, -0.15) is 0 Å². The summed E-state index contributed by atoms with van der Waals surface area (Å²) in [4.78, 5) is 8.11. The second-order valence-electron chi connectivity index (χ2n) is 5.21. The molecule has 88 valence electrons. The first-order valence-electron chi connectivity index (χ1n) is 6.71. The highest BCUT2D eigenvalue weighted by molar-refractivity contribution is 5.11. The van der Waals surface area contributed by atoms with Crippen molar-refractivity contribution < 1.29 is 0 Å². The second-order valence-corrected chi connectivity index (χ2v) is 5.21. The fraction of sp³-hybridized carbons (Fsp3) is 0.769. The molecule has 0 radical (unpaired) electrons. The highest BCUT2D eigenvalue weighted by Crippen LogP contribution is 2.32. The number of nitrogens with zero attached hydrogens (tertiary/aromatic N) is 1. The lowest BCUT2D eigenvalue weighted by Crippen LogP contribution is -2.14. The van der Waals surface area contributed by atoms with E-state index in [2.05, 4.69) is 21.5 Å². The first-order valence-corrected chi connectivity index (χ1v) is 6.71. The molecule has 0 spiro atoms. The van der Waals surface area contributed by atoms with E-state index in [0.29, 0.717) is 6.04 Å². The van der Waals surface area contributed by atoms with Gasteiger partial charge in [0.05, 0.1) is 6.04 Å². The summed E-state index contributed by atoms with van der Waals surface area (Å²) in [7, 11) is 0. The van der Waals surface area contributed by atoms with Crippen LogP contribution in [0.2, 0.25) is 0 Å². The molecular weight excluding hydrogens is 198 g/mol. The van der Waals surface area contributed by atoms with Crippen molar-refractivity contribution in [2.24, 2.45) is 0 Å². The topological polar surface area (TPSA) is 40.7 Å². The molecule has 3 heteroatoms. The van der Waals surface area contributed by atoms with E-state index < -0.39 is 0 Å². The van der Waals surface area contributed by atoms with Crippen molar-refractivity contribution in [1.82, 2.24) is 15.3 Å². The summed E-state index contributed by atoms with van der Waals surface area (Å²) < 4.78 is 0. The number of H-pyrrole nitrogens is 1. The molecule has 3 rings (SSSR count). The molecule has 1 saturated carbocycles. The molecular formula is C13H21N3. The third kappa shape index (κ3) is 2.01. The van der Waals surface area contributed by atoms with E-state index >= 15 is 0 Å². The van der Waals surface area contributed by atoms with Crippen molar-refractivity contribution in [2.75, 3.05) is 6.54 Å². The molecule has 3 nitrogen and oxygen atoms in total. The Kier molecular flexibility index (Phi) is 2.96. The molecule has 2 N–H and O–H groups in total. The van der Waals surface area contributed by atoms with E-state index in [4.69, 9.17) is 0 Å². The van der Waals surface area contributed by atoms with E-state index in [0.717, 1.165) is 18.3 Å². The van der Waals surface area contributed by atoms with Gasteiger partial charge in [-0.1, -0.05) is 19.3 Å². The van der Waals surface area contributed by atoms with Crippen LogP contribution >= 0.6 is 0 Å². The second kappa shape index (κ2) is 4.58. The maximum absolute atomic E-state index is 4.56. The Morgan fingerprint density at radius 1 is 1.06 bits per heavy atom. The molecule has 2 fully saturated rings. The third-order valence-electron chi connectivity index (χ3n) is 4.05. The Labute approximate surface area is 97.0 Å². The number of imidazole rings is 1. The van der Waals surface area contributed by atoms with E-state index in [9.17, 15) is 0 Å². The van der Waals surface area contributed by atoms with Crippen LogP contribution in [0.3, 0.4) is 0 Å². The van der Waals surface area contributed by atoms with Gasteiger partial charge in [-0.25, -0.2) is 4.98 Å². The summed E-state index contributed by atoms with van der Waals surface area (Å²) in [6.07, 6.45) is 11.5. The van der Waals surface area contributed by atoms with Gasteiger partial charge in [0.15, 0.2) is 0 Å². The van der Waals surface area contributed by atoms with Crippen molar-refractivity contribution in [3.8, 4) is 0 Å². The number of nitrogens with one attached hydrogen (secondary N) is 2. The molecule has 1 aliphatic carbocycles. The fourth-order valence-electron chi connectivity index (χ4n) is 3.07. The van der Waals surface area contributed by atoms with E-state index in [1.165, 1.54) is 50.6 Å². The zero-order valence-electron chi connectivity index (χ0n) is 9.84. The van der Waals surface area contributed by atoms with E-state index in [-0.39, 0.29) is 0 Å². The van der Waals surface area contributed by atoms with Gasteiger partial charge >= 0.3 is 0 Å². The minimum Gasteiger partial charge on any atom is -0.344 e. The Hall–Kier alpha value is -0.830. The Balaban J connectivity index is 1.71. The lowest BCUT2D eigenvalue weighted by atomic mass is 9.87. The number of aromatic amines is 1. The first kappa shape index (κ1) is 10.3. The van der Waals surface area contributed by atoms with Gasteiger partial charge in [0.1, 0.15) is 5.82 Å². The lowest BCUT2D eigenvalue weighted by Gasteiger charge is -2.20. The SMILES string of the molecule is c1nc([C@H]2CCCN2)[nH]c1C1CCCCC1. The van der Waals surface area contributed by atoms with Crippen LogP contribution in [0.15, 0.2) is 6.20 Å². The van der Waals surface area contributed by atoms with Crippen molar-refractivity contribution >= 4 is 0 Å². The highest BCUT2D eigenvalue weighted by atomic mass is 15.0. The minimum atomic E-state index is 0.484. The van der Waals surface area contributed by atoms with Gasteiger partial charge in [-0.05, 0) is 32.2 Å². The minimum absolute atomic E-state index is 0.484.